The highest BCUT2D eigenvalue weighted by Crippen LogP contribution is 2.36. The van der Waals surface area contributed by atoms with Crippen LogP contribution in [0.4, 0.5) is 13.2 Å². The second-order valence-corrected chi connectivity index (χ2v) is 3.65. The zero-order valence-corrected chi connectivity index (χ0v) is 8.06. The number of allylic oxidation sites excluding steroid dienone is 3. The van der Waals surface area contributed by atoms with E-state index in [4.69, 9.17) is 5.11 Å². The molecule has 1 N–H and O–H groups in total. The second kappa shape index (κ2) is 3.27. The Bertz CT molecular complexity index is 242. The van der Waals surface area contributed by atoms with Crippen LogP contribution in [0.1, 0.15) is 6.42 Å². The summed E-state index contributed by atoms with van der Waals surface area (Å²) in [5.41, 5.74) is 0. The van der Waals surface area contributed by atoms with Gasteiger partial charge in [-0.15, -0.1) is 0 Å². The van der Waals surface area contributed by atoms with Gasteiger partial charge in [-0.2, -0.15) is 13.2 Å². The van der Waals surface area contributed by atoms with E-state index in [1.807, 2.05) is 0 Å². The van der Waals surface area contributed by atoms with Gasteiger partial charge in [0.05, 0.1) is 9.50 Å². The molecule has 1 aliphatic carbocycles. The summed E-state index contributed by atoms with van der Waals surface area (Å²) >= 11 is 1.80. The van der Waals surface area contributed by atoms with E-state index in [2.05, 4.69) is 0 Å². The Balaban J connectivity index is 2.79. The number of hydrogen-bond acceptors (Lipinski definition) is 1. The Morgan fingerprint density at radius 2 is 2.08 bits per heavy atom. The maximum absolute atomic E-state index is 12.1. The van der Waals surface area contributed by atoms with Crippen molar-refractivity contribution in [2.24, 2.45) is 5.92 Å². The van der Waals surface area contributed by atoms with E-state index in [0.717, 1.165) is 6.08 Å². The zero-order valence-electron chi connectivity index (χ0n) is 5.90. The fourth-order valence-corrected chi connectivity index (χ4v) is 1.34. The molecule has 1 nitrogen and oxygen atoms in total. The zero-order chi connectivity index (χ0) is 9.35. The van der Waals surface area contributed by atoms with Gasteiger partial charge in [-0.1, -0.05) is 6.08 Å². The molecule has 0 saturated carbocycles. The van der Waals surface area contributed by atoms with Crippen LogP contribution in [0.25, 0.3) is 0 Å². The lowest BCUT2D eigenvalue weighted by molar-refractivity contribution is -0.160. The third kappa shape index (κ3) is 2.15. The highest BCUT2D eigenvalue weighted by atomic mass is 127. The fraction of sp³-hybridized carbons (Fsp3) is 0.429. The van der Waals surface area contributed by atoms with E-state index in [9.17, 15) is 13.2 Å². The molecular weight excluding hydrogens is 284 g/mol. The van der Waals surface area contributed by atoms with Gasteiger partial charge in [0.1, 0.15) is 5.76 Å². The molecule has 5 heteroatoms. The van der Waals surface area contributed by atoms with Gasteiger partial charge in [0, 0.05) is 0 Å². The van der Waals surface area contributed by atoms with Gasteiger partial charge in [0.2, 0.25) is 0 Å². The van der Waals surface area contributed by atoms with Crippen molar-refractivity contribution >= 4 is 22.6 Å². The Hall–Kier alpha value is -0.200. The molecule has 1 rings (SSSR count). The highest BCUT2D eigenvalue weighted by molar-refractivity contribution is 14.1. The van der Waals surface area contributed by atoms with Crippen molar-refractivity contribution in [3.63, 3.8) is 0 Å². The molecule has 0 aromatic carbocycles. The maximum atomic E-state index is 12.1. The Morgan fingerprint density at radius 1 is 1.50 bits per heavy atom. The van der Waals surface area contributed by atoms with Crippen molar-refractivity contribution in [2.75, 3.05) is 0 Å². The molecule has 1 aliphatic rings. The van der Waals surface area contributed by atoms with Gasteiger partial charge in [-0.05, 0) is 35.1 Å². The summed E-state index contributed by atoms with van der Waals surface area (Å²) in [4.78, 5) is 0. The average Bonchev–Trinajstić information content (AvgIpc) is 1.92. The van der Waals surface area contributed by atoms with E-state index in [1.54, 1.807) is 22.6 Å². The van der Waals surface area contributed by atoms with E-state index in [1.165, 1.54) is 6.08 Å². The standard InChI is InChI=1S/C7H6F3IO/c8-7(9,10)4-1-2-5(11)6(12)3-4/h2-4,12H,1H2. The summed E-state index contributed by atoms with van der Waals surface area (Å²) in [6, 6.07) is 0. The van der Waals surface area contributed by atoms with Gasteiger partial charge < -0.3 is 5.11 Å². The largest absolute Gasteiger partial charge is 0.507 e. The van der Waals surface area contributed by atoms with E-state index in [0.29, 0.717) is 3.58 Å². The summed E-state index contributed by atoms with van der Waals surface area (Å²) < 4.78 is 36.6. The highest BCUT2D eigenvalue weighted by Gasteiger charge is 2.38. The van der Waals surface area contributed by atoms with Gasteiger partial charge >= 0.3 is 6.18 Å². The first kappa shape index (κ1) is 9.88. The van der Waals surface area contributed by atoms with Crippen molar-refractivity contribution < 1.29 is 18.3 Å². The lowest BCUT2D eigenvalue weighted by Gasteiger charge is -2.18. The van der Waals surface area contributed by atoms with Crippen molar-refractivity contribution in [3.8, 4) is 0 Å². The van der Waals surface area contributed by atoms with Crippen LogP contribution in [0.3, 0.4) is 0 Å². The number of hydrogen-bond donors (Lipinski definition) is 1. The molecule has 0 aliphatic heterocycles. The van der Waals surface area contributed by atoms with Crippen LogP contribution in [0.2, 0.25) is 0 Å². The van der Waals surface area contributed by atoms with Crippen molar-refractivity contribution in [1.82, 2.24) is 0 Å². The van der Waals surface area contributed by atoms with Gasteiger partial charge in [0.25, 0.3) is 0 Å². The second-order valence-electron chi connectivity index (χ2n) is 2.49. The van der Waals surface area contributed by atoms with Crippen LogP contribution in [-0.2, 0) is 0 Å². The quantitative estimate of drug-likeness (QED) is 0.678. The number of alkyl halides is 3. The Kier molecular flexibility index (Phi) is 2.70. The molecule has 0 heterocycles. The minimum Gasteiger partial charge on any atom is -0.507 e. The molecule has 0 fully saturated rings. The van der Waals surface area contributed by atoms with Gasteiger partial charge in [-0.25, -0.2) is 0 Å². The third-order valence-corrected chi connectivity index (χ3v) is 2.57. The lowest BCUT2D eigenvalue weighted by Crippen LogP contribution is -2.22. The number of aliphatic hydroxyl groups excluding tert-OH is 1. The lowest BCUT2D eigenvalue weighted by atomic mass is 10.00. The van der Waals surface area contributed by atoms with Gasteiger partial charge in [0.15, 0.2) is 0 Å². The molecule has 1 atom stereocenters. The summed E-state index contributed by atoms with van der Waals surface area (Å²) in [5, 5.41) is 9.00. The van der Waals surface area contributed by atoms with Crippen LogP contribution in [0.15, 0.2) is 21.5 Å². The van der Waals surface area contributed by atoms with Crippen molar-refractivity contribution in [1.29, 1.82) is 0 Å². The van der Waals surface area contributed by atoms with E-state index in [-0.39, 0.29) is 12.2 Å². The topological polar surface area (TPSA) is 20.2 Å². The molecule has 0 saturated heterocycles. The predicted molar refractivity (Wildman–Crippen MR) is 47.0 cm³/mol. The van der Waals surface area contributed by atoms with Crippen molar-refractivity contribution in [2.45, 2.75) is 12.6 Å². The van der Waals surface area contributed by atoms with E-state index >= 15 is 0 Å². The first-order valence-electron chi connectivity index (χ1n) is 3.25. The van der Waals surface area contributed by atoms with Crippen LogP contribution in [0, 0.1) is 5.92 Å². The monoisotopic (exact) mass is 290 g/mol. The SMILES string of the molecule is OC1=CC(C(F)(F)F)CC=C1I. The minimum absolute atomic E-state index is 0.0775. The van der Waals surface area contributed by atoms with Crippen LogP contribution < -0.4 is 0 Å². The normalized spacial score (nSPS) is 24.8. The third-order valence-electron chi connectivity index (χ3n) is 1.58. The molecule has 0 bridgehead atoms. The number of aliphatic hydroxyl groups is 1. The number of rotatable bonds is 0. The smallest absolute Gasteiger partial charge is 0.395 e. The molecular formula is C7H6F3IO. The van der Waals surface area contributed by atoms with Crippen LogP contribution >= 0.6 is 22.6 Å². The average molecular weight is 290 g/mol. The van der Waals surface area contributed by atoms with Crippen molar-refractivity contribution in [3.05, 3.63) is 21.5 Å². The molecule has 68 valence electrons. The van der Waals surface area contributed by atoms with Gasteiger partial charge in [-0.3, -0.25) is 0 Å². The molecule has 0 amide bonds. The summed E-state index contributed by atoms with van der Waals surface area (Å²) in [5.74, 6) is -1.81. The van der Waals surface area contributed by atoms with E-state index < -0.39 is 12.1 Å². The Labute approximate surface area is 81.1 Å². The first-order valence-corrected chi connectivity index (χ1v) is 4.32. The molecule has 1 unspecified atom stereocenters. The molecule has 12 heavy (non-hydrogen) atoms. The molecule has 0 radical (unpaired) electrons. The molecule has 0 spiro atoms. The molecule has 0 aromatic heterocycles. The Morgan fingerprint density at radius 3 is 2.50 bits per heavy atom. The summed E-state index contributed by atoms with van der Waals surface area (Å²) in [6.07, 6.45) is -2.09. The minimum atomic E-state index is -4.25. The van der Waals surface area contributed by atoms with Crippen LogP contribution in [-0.4, -0.2) is 11.3 Å². The van der Waals surface area contributed by atoms with Crippen LogP contribution in [0.5, 0.6) is 0 Å². The predicted octanol–water partition coefficient (Wildman–Crippen LogP) is 3.33. The molecule has 0 aromatic rings. The summed E-state index contributed by atoms with van der Waals surface area (Å²) in [6.45, 7) is 0. The maximum Gasteiger partial charge on any atom is 0.395 e. The first-order chi connectivity index (χ1) is 5.41. The number of halogens is 4. The fourth-order valence-electron chi connectivity index (χ4n) is 0.901. The summed E-state index contributed by atoms with van der Waals surface area (Å²) in [7, 11) is 0.